The number of hydrogen-bond acceptors (Lipinski definition) is 6. The van der Waals surface area contributed by atoms with Gasteiger partial charge in [-0.3, -0.25) is 9.36 Å². The quantitative estimate of drug-likeness (QED) is 0.644. The Labute approximate surface area is 109 Å². The molecule has 0 radical (unpaired) electrons. The van der Waals surface area contributed by atoms with Crippen LogP contribution in [0.2, 0.25) is 0 Å². The topological polar surface area (TPSA) is 122 Å². The van der Waals surface area contributed by atoms with Gasteiger partial charge in [-0.15, -0.1) is 0 Å². The summed E-state index contributed by atoms with van der Waals surface area (Å²) in [6.45, 7) is 1.06. The van der Waals surface area contributed by atoms with E-state index in [1.807, 2.05) is 6.07 Å². The van der Waals surface area contributed by atoms with Crippen molar-refractivity contribution in [1.82, 2.24) is 4.57 Å². The highest BCUT2D eigenvalue weighted by Crippen LogP contribution is 2.44. The second kappa shape index (κ2) is 4.66. The number of pyridine rings is 1. The van der Waals surface area contributed by atoms with E-state index in [-0.39, 0.29) is 0 Å². The minimum absolute atomic E-state index is 0.303. The van der Waals surface area contributed by atoms with Crippen LogP contribution in [-0.2, 0) is 4.74 Å². The summed E-state index contributed by atoms with van der Waals surface area (Å²) >= 11 is 0. The second-order valence-electron chi connectivity index (χ2n) is 4.75. The first-order valence-corrected chi connectivity index (χ1v) is 5.77. The third kappa shape index (κ3) is 2.00. The Kier molecular flexibility index (Phi) is 3.32. The van der Waals surface area contributed by atoms with E-state index in [0.29, 0.717) is 5.69 Å². The summed E-state index contributed by atoms with van der Waals surface area (Å²) in [4.78, 5) is 11.9. The van der Waals surface area contributed by atoms with E-state index >= 15 is 0 Å². The van der Waals surface area contributed by atoms with Gasteiger partial charge in [0.15, 0.2) is 6.23 Å². The van der Waals surface area contributed by atoms with Crippen LogP contribution in [0.25, 0.3) is 0 Å². The number of nitrogens with two attached hydrogens (primary N) is 1. The van der Waals surface area contributed by atoms with Gasteiger partial charge in [-0.05, 0) is 13.0 Å². The molecule has 1 fully saturated rings. The van der Waals surface area contributed by atoms with Gasteiger partial charge < -0.3 is 20.7 Å². The molecule has 0 aliphatic carbocycles. The molecule has 102 valence electrons. The average molecular weight is 265 g/mol. The third-order valence-electron chi connectivity index (χ3n) is 3.43. The van der Waals surface area contributed by atoms with Crippen LogP contribution in [-0.4, -0.2) is 33.6 Å². The van der Waals surface area contributed by atoms with Gasteiger partial charge in [-0.25, -0.2) is 0 Å². The maximum atomic E-state index is 11.9. The highest BCUT2D eigenvalue weighted by molar-refractivity contribution is 5.34. The Hall–Kier alpha value is -1.88. The van der Waals surface area contributed by atoms with Gasteiger partial charge in [-0.1, -0.05) is 0 Å². The number of anilines is 1. The molecule has 0 saturated carbocycles. The molecule has 1 aliphatic heterocycles. The molecule has 1 aromatic rings. The van der Waals surface area contributed by atoms with Gasteiger partial charge >= 0.3 is 0 Å². The molecule has 0 bridgehead atoms. The monoisotopic (exact) mass is 265 g/mol. The molecule has 7 nitrogen and oxygen atoms in total. The molecule has 0 aromatic carbocycles. The minimum Gasteiger partial charge on any atom is -0.399 e. The SMILES string of the molecule is C[C@@]1(C#N)[C@H](O)[C@@H](CO)O[C@H]1n1ccc(N)cc1=O. The molecule has 0 spiro atoms. The fourth-order valence-corrected chi connectivity index (χ4v) is 2.23. The van der Waals surface area contributed by atoms with Crippen LogP contribution in [0.15, 0.2) is 23.1 Å². The van der Waals surface area contributed by atoms with Gasteiger partial charge in [0, 0.05) is 18.0 Å². The first-order chi connectivity index (χ1) is 8.93. The highest BCUT2D eigenvalue weighted by Gasteiger charge is 2.54. The van der Waals surface area contributed by atoms with Crippen molar-refractivity contribution < 1.29 is 14.9 Å². The van der Waals surface area contributed by atoms with Gasteiger partial charge in [0.2, 0.25) is 0 Å². The summed E-state index contributed by atoms with van der Waals surface area (Å²) in [6.07, 6.45) is -1.65. The van der Waals surface area contributed by atoms with E-state index in [1.54, 1.807) is 0 Å². The first kappa shape index (κ1) is 13.5. The first-order valence-electron chi connectivity index (χ1n) is 5.77. The molecule has 4 N–H and O–H groups in total. The van der Waals surface area contributed by atoms with Gasteiger partial charge in [0.1, 0.15) is 17.6 Å². The highest BCUT2D eigenvalue weighted by atomic mass is 16.5. The number of nitrogens with zero attached hydrogens (tertiary/aromatic N) is 2. The molecular weight excluding hydrogens is 250 g/mol. The number of aliphatic hydroxyl groups is 2. The molecule has 2 rings (SSSR count). The molecule has 0 unspecified atom stereocenters. The Morgan fingerprint density at radius 2 is 2.37 bits per heavy atom. The van der Waals surface area contributed by atoms with Crippen molar-refractivity contribution in [2.75, 3.05) is 12.3 Å². The number of nitriles is 1. The minimum atomic E-state index is -1.33. The van der Waals surface area contributed by atoms with Crippen molar-refractivity contribution in [3.63, 3.8) is 0 Å². The Balaban J connectivity index is 2.49. The molecule has 7 heteroatoms. The molecule has 4 atom stereocenters. The number of aromatic nitrogens is 1. The van der Waals surface area contributed by atoms with E-state index in [1.165, 1.54) is 29.8 Å². The Morgan fingerprint density at radius 3 is 2.89 bits per heavy atom. The predicted octanol–water partition coefficient (Wildman–Crippen LogP) is -0.789. The van der Waals surface area contributed by atoms with E-state index in [2.05, 4.69) is 0 Å². The Morgan fingerprint density at radius 1 is 1.68 bits per heavy atom. The fraction of sp³-hybridized carbons (Fsp3) is 0.500. The maximum absolute atomic E-state index is 11.9. The Bertz CT molecular complexity index is 579. The zero-order valence-corrected chi connectivity index (χ0v) is 10.4. The molecule has 2 heterocycles. The average Bonchev–Trinajstić information content (AvgIpc) is 2.63. The van der Waals surface area contributed by atoms with Crippen LogP contribution < -0.4 is 11.3 Å². The number of aliphatic hydroxyl groups excluding tert-OH is 2. The molecule has 1 aromatic heterocycles. The molecule has 0 amide bonds. The van der Waals surface area contributed by atoms with Crippen molar-refractivity contribution in [3.8, 4) is 6.07 Å². The number of nitrogen functional groups attached to an aromatic ring is 1. The van der Waals surface area contributed by atoms with Crippen molar-refractivity contribution in [2.45, 2.75) is 25.4 Å². The summed E-state index contributed by atoms with van der Waals surface area (Å²) < 4.78 is 6.63. The van der Waals surface area contributed by atoms with E-state index in [0.717, 1.165) is 0 Å². The lowest BCUT2D eigenvalue weighted by Gasteiger charge is -2.26. The van der Waals surface area contributed by atoms with E-state index in [9.17, 15) is 15.2 Å². The largest absolute Gasteiger partial charge is 0.399 e. The van der Waals surface area contributed by atoms with Crippen molar-refractivity contribution in [3.05, 3.63) is 28.7 Å². The van der Waals surface area contributed by atoms with Crippen LogP contribution in [0.1, 0.15) is 13.2 Å². The zero-order chi connectivity index (χ0) is 14.2. The predicted molar refractivity (Wildman–Crippen MR) is 65.8 cm³/mol. The number of ether oxygens (including phenoxy) is 1. The van der Waals surface area contributed by atoms with Crippen LogP contribution in [0.5, 0.6) is 0 Å². The number of rotatable bonds is 2. The summed E-state index contributed by atoms with van der Waals surface area (Å²) in [6, 6.07) is 4.68. The second-order valence-corrected chi connectivity index (χ2v) is 4.75. The van der Waals surface area contributed by atoms with Crippen LogP contribution in [0.3, 0.4) is 0 Å². The molecule has 1 saturated heterocycles. The standard InChI is InChI=1S/C12H15N3O4/c1-12(6-13)10(18)8(5-16)19-11(12)15-3-2-7(14)4-9(15)17/h2-4,8,10-11,16,18H,5,14H2,1H3/t8-,10-,11-,12-/m1/s1. The zero-order valence-electron chi connectivity index (χ0n) is 10.4. The van der Waals surface area contributed by atoms with Gasteiger partial charge in [-0.2, -0.15) is 5.26 Å². The van der Waals surface area contributed by atoms with Crippen molar-refractivity contribution in [1.29, 1.82) is 5.26 Å². The lowest BCUT2D eigenvalue weighted by atomic mass is 9.84. The van der Waals surface area contributed by atoms with Crippen molar-refractivity contribution in [2.24, 2.45) is 5.41 Å². The lowest BCUT2D eigenvalue weighted by Crippen LogP contribution is -2.39. The van der Waals surface area contributed by atoms with Crippen LogP contribution in [0, 0.1) is 16.7 Å². The fourth-order valence-electron chi connectivity index (χ4n) is 2.23. The lowest BCUT2D eigenvalue weighted by molar-refractivity contribution is -0.0498. The molecule has 1 aliphatic rings. The normalized spacial score (nSPS) is 34.1. The smallest absolute Gasteiger partial charge is 0.254 e. The summed E-state index contributed by atoms with van der Waals surface area (Å²) in [7, 11) is 0. The third-order valence-corrected chi connectivity index (χ3v) is 3.43. The number of hydrogen-bond donors (Lipinski definition) is 3. The summed E-state index contributed by atoms with van der Waals surface area (Å²) in [5.74, 6) is 0. The maximum Gasteiger partial charge on any atom is 0.254 e. The molecule has 19 heavy (non-hydrogen) atoms. The van der Waals surface area contributed by atoms with E-state index in [4.69, 9.17) is 15.6 Å². The molecular formula is C12H15N3O4. The van der Waals surface area contributed by atoms with Crippen LogP contribution in [0.4, 0.5) is 5.69 Å². The summed E-state index contributed by atoms with van der Waals surface area (Å²) in [5, 5.41) is 28.5. The van der Waals surface area contributed by atoms with E-state index < -0.39 is 36.0 Å². The summed E-state index contributed by atoms with van der Waals surface area (Å²) in [5.41, 5.74) is 4.04. The van der Waals surface area contributed by atoms with Gasteiger partial charge in [0.05, 0.1) is 12.7 Å². The van der Waals surface area contributed by atoms with Gasteiger partial charge in [0.25, 0.3) is 5.56 Å². The van der Waals surface area contributed by atoms with Crippen molar-refractivity contribution >= 4 is 5.69 Å². The van der Waals surface area contributed by atoms with Crippen LogP contribution >= 0.6 is 0 Å².